The van der Waals surface area contributed by atoms with Gasteiger partial charge in [-0.25, -0.2) is 18.4 Å². The van der Waals surface area contributed by atoms with Gasteiger partial charge in [-0.2, -0.15) is 26.3 Å². The molecule has 0 spiro atoms. The lowest BCUT2D eigenvalue weighted by Gasteiger charge is -2.14. The Morgan fingerprint density at radius 2 is 1.51 bits per heavy atom. The quantitative estimate of drug-likeness (QED) is 0.242. The minimum atomic E-state index is -5.33. The van der Waals surface area contributed by atoms with Gasteiger partial charge in [-0.3, -0.25) is 9.78 Å². The Labute approximate surface area is 233 Å². The molecule has 0 aliphatic rings. The molecule has 0 radical (unpaired) electrons. The van der Waals surface area contributed by atoms with Gasteiger partial charge >= 0.3 is 11.0 Å². The lowest BCUT2D eigenvalue weighted by atomic mass is 10.1. The van der Waals surface area contributed by atoms with Crippen molar-refractivity contribution in [2.24, 2.45) is 0 Å². The molecule has 2 aromatic carbocycles. The first kappa shape index (κ1) is 29.8. The van der Waals surface area contributed by atoms with Crippen LogP contribution >= 0.6 is 0 Å². The highest BCUT2D eigenvalue weighted by molar-refractivity contribution is 7.86. The molecule has 2 unspecified atom stereocenters. The molecule has 16 heteroatoms. The van der Waals surface area contributed by atoms with E-state index in [4.69, 9.17) is 0 Å². The Kier molecular flexibility index (Phi) is 8.53. The minimum absolute atomic E-state index is 0.104. The van der Waals surface area contributed by atoms with Crippen LogP contribution in [0.4, 0.5) is 43.7 Å². The summed E-state index contributed by atoms with van der Waals surface area (Å²) in [5, 5.41) is 5.36. The maximum Gasteiger partial charge on any atom is 0.475 e. The van der Waals surface area contributed by atoms with Crippen LogP contribution in [0.1, 0.15) is 15.9 Å². The second kappa shape index (κ2) is 11.7. The minimum Gasteiger partial charge on any atom is -0.324 e. The number of alkyl halides is 6. The number of rotatable bonds is 7. The van der Waals surface area contributed by atoms with Crippen LogP contribution < -0.4 is 10.6 Å². The molecular weight excluding hydrogens is 596 g/mol. The highest BCUT2D eigenvalue weighted by Crippen LogP contribution is 2.32. The Bertz CT molecular complexity index is 1610. The van der Waals surface area contributed by atoms with Gasteiger partial charge in [0.05, 0.1) is 5.69 Å². The monoisotopic (exact) mass is 613 g/mol. The number of hydrogen-bond acceptors (Lipinski definition) is 7. The summed E-state index contributed by atoms with van der Waals surface area (Å²) in [7, 11) is -7.57. The summed E-state index contributed by atoms with van der Waals surface area (Å²) in [5.41, 5.74) is -8.86. The molecule has 214 valence electrons. The van der Waals surface area contributed by atoms with Crippen molar-refractivity contribution in [3.63, 3.8) is 0 Å². The van der Waals surface area contributed by atoms with Crippen molar-refractivity contribution in [2.75, 3.05) is 10.6 Å². The largest absolute Gasteiger partial charge is 0.475 e. The van der Waals surface area contributed by atoms with E-state index in [1.807, 2.05) is 0 Å². The Morgan fingerprint density at radius 1 is 0.854 bits per heavy atom. The van der Waals surface area contributed by atoms with E-state index in [0.717, 1.165) is 5.56 Å². The number of aryl methyl sites for hydroxylation is 1. The molecule has 41 heavy (non-hydrogen) atoms. The van der Waals surface area contributed by atoms with Gasteiger partial charge < -0.3 is 10.6 Å². The molecule has 0 saturated carbocycles. The molecule has 0 fully saturated rings. The first-order valence-corrected chi connectivity index (χ1v) is 13.6. The molecular formula is C25H17F6N5O3S2. The molecule has 0 bridgehead atoms. The Hall–Kier alpha value is -4.18. The highest BCUT2D eigenvalue weighted by Gasteiger charge is 2.41. The molecule has 2 heterocycles. The molecule has 0 aliphatic carbocycles. The van der Waals surface area contributed by atoms with E-state index < -0.39 is 53.9 Å². The number of benzene rings is 2. The number of carbonyl (C=O) groups excluding carboxylic acids is 1. The van der Waals surface area contributed by atoms with Gasteiger partial charge in [0.15, 0.2) is 21.6 Å². The lowest BCUT2D eigenvalue weighted by Crippen LogP contribution is -2.21. The molecule has 2 N–H and O–H groups in total. The summed E-state index contributed by atoms with van der Waals surface area (Å²) in [4.78, 5) is 23.2. The number of pyridine rings is 1. The number of carbonyl (C=O) groups is 1. The summed E-state index contributed by atoms with van der Waals surface area (Å²) < 4.78 is 102. The van der Waals surface area contributed by atoms with Gasteiger partial charge in [0.2, 0.25) is 5.95 Å². The molecule has 0 saturated heterocycles. The fourth-order valence-corrected chi connectivity index (χ4v) is 4.98. The molecule has 8 nitrogen and oxygen atoms in total. The van der Waals surface area contributed by atoms with Crippen molar-refractivity contribution >= 4 is 44.8 Å². The average molecular weight is 614 g/mol. The van der Waals surface area contributed by atoms with Crippen molar-refractivity contribution in [1.29, 1.82) is 0 Å². The topological polar surface area (TPSA) is 114 Å². The molecule has 2 atom stereocenters. The van der Waals surface area contributed by atoms with Gasteiger partial charge in [-0.1, -0.05) is 6.07 Å². The van der Waals surface area contributed by atoms with Gasteiger partial charge in [0.25, 0.3) is 5.91 Å². The van der Waals surface area contributed by atoms with Crippen molar-refractivity contribution in [3.8, 4) is 11.3 Å². The van der Waals surface area contributed by atoms with Crippen molar-refractivity contribution in [1.82, 2.24) is 15.0 Å². The summed E-state index contributed by atoms with van der Waals surface area (Å²) in [5.74, 6) is -0.935. The van der Waals surface area contributed by atoms with Crippen molar-refractivity contribution < 1.29 is 39.6 Å². The zero-order chi connectivity index (χ0) is 29.9. The third kappa shape index (κ3) is 7.32. The highest BCUT2D eigenvalue weighted by atomic mass is 32.2. The number of amides is 1. The first-order chi connectivity index (χ1) is 19.2. The smallest absolute Gasteiger partial charge is 0.324 e. The third-order valence-electron chi connectivity index (χ3n) is 5.35. The van der Waals surface area contributed by atoms with Gasteiger partial charge in [0, 0.05) is 50.9 Å². The number of aromatic nitrogens is 3. The van der Waals surface area contributed by atoms with E-state index in [0.29, 0.717) is 29.1 Å². The van der Waals surface area contributed by atoms with E-state index in [1.54, 1.807) is 43.6 Å². The number of nitrogens with one attached hydrogen (secondary N) is 2. The SMILES string of the molecule is Cc1ccc(NC(=O)c2cc(S(=O)C(F)(F)F)cc(S(=O)C(F)(F)F)c2)cc1Nc1nccc(-c2cccnc2)n1. The second-order valence-electron chi connectivity index (χ2n) is 8.24. The normalized spacial score (nSPS) is 13.3. The van der Waals surface area contributed by atoms with E-state index in [-0.39, 0.29) is 17.7 Å². The van der Waals surface area contributed by atoms with E-state index in [1.165, 1.54) is 18.3 Å². The number of nitrogens with zero attached hydrogens (tertiary/aromatic N) is 3. The Balaban J connectivity index is 1.62. The van der Waals surface area contributed by atoms with Gasteiger partial charge in [0.1, 0.15) is 0 Å². The van der Waals surface area contributed by atoms with Crippen LogP contribution in [0.3, 0.4) is 0 Å². The zero-order valence-corrected chi connectivity index (χ0v) is 22.2. The standard InChI is InChI=1S/C25H17F6N5O3S2/c1-14-4-5-17(11-21(14)36-23-33-8-6-20(35-23)15-3-2-7-32-13-15)34-22(37)16-9-18(40(38)24(26,27)28)12-19(10-16)41(39)25(29,30)31/h2-13H,1H3,(H,34,37)(H,33,35,36). The first-order valence-electron chi connectivity index (χ1n) is 11.3. The van der Waals surface area contributed by atoms with Crippen molar-refractivity contribution in [3.05, 3.63) is 84.3 Å². The van der Waals surface area contributed by atoms with Crippen LogP contribution in [0, 0.1) is 6.92 Å². The molecule has 4 aromatic rings. The summed E-state index contributed by atoms with van der Waals surface area (Å²) >= 11 is 0. The predicted octanol–water partition coefficient (Wildman–Crippen LogP) is 6.10. The Morgan fingerprint density at radius 3 is 2.10 bits per heavy atom. The maximum atomic E-state index is 13.0. The number of anilines is 3. The van der Waals surface area contributed by atoms with Crippen LogP contribution in [-0.2, 0) is 21.6 Å². The average Bonchev–Trinajstić information content (AvgIpc) is 2.93. The lowest BCUT2D eigenvalue weighted by molar-refractivity contribution is -0.0389. The van der Waals surface area contributed by atoms with Crippen LogP contribution in [-0.4, -0.2) is 40.3 Å². The molecule has 4 rings (SSSR count). The zero-order valence-electron chi connectivity index (χ0n) is 20.6. The van der Waals surface area contributed by atoms with E-state index in [9.17, 15) is 39.6 Å². The third-order valence-corrected chi connectivity index (χ3v) is 7.51. The second-order valence-corrected chi connectivity index (χ2v) is 11.2. The fraction of sp³-hybridized carbons (Fsp3) is 0.120. The molecule has 1 amide bonds. The van der Waals surface area contributed by atoms with Crippen LogP contribution in [0.5, 0.6) is 0 Å². The summed E-state index contributed by atoms with van der Waals surface area (Å²) in [6.45, 7) is 1.73. The van der Waals surface area contributed by atoms with Gasteiger partial charge in [-0.05, 0) is 61.0 Å². The van der Waals surface area contributed by atoms with E-state index in [2.05, 4.69) is 25.6 Å². The van der Waals surface area contributed by atoms with Gasteiger partial charge in [-0.15, -0.1) is 0 Å². The number of hydrogen-bond donors (Lipinski definition) is 2. The van der Waals surface area contributed by atoms with Crippen LogP contribution in [0.2, 0.25) is 0 Å². The van der Waals surface area contributed by atoms with Crippen LogP contribution in [0.15, 0.2) is 83.0 Å². The number of halogens is 6. The predicted molar refractivity (Wildman–Crippen MR) is 139 cm³/mol. The maximum absolute atomic E-state index is 13.0. The summed E-state index contributed by atoms with van der Waals surface area (Å²) in [6.07, 6.45) is 4.73. The van der Waals surface area contributed by atoms with Crippen molar-refractivity contribution in [2.45, 2.75) is 27.7 Å². The molecule has 0 aliphatic heterocycles. The molecule has 2 aromatic heterocycles. The van der Waals surface area contributed by atoms with E-state index >= 15 is 0 Å². The fourth-order valence-electron chi connectivity index (χ4n) is 3.44. The summed E-state index contributed by atoms with van der Waals surface area (Å²) in [6, 6.07) is 11.0. The van der Waals surface area contributed by atoms with Crippen LogP contribution in [0.25, 0.3) is 11.3 Å².